The van der Waals surface area contributed by atoms with E-state index in [1.54, 1.807) is 5.01 Å². The van der Waals surface area contributed by atoms with Crippen LogP contribution in [0.5, 0.6) is 0 Å². The molecule has 0 saturated carbocycles. The normalized spacial score (nSPS) is 18.1. The Morgan fingerprint density at radius 3 is 2.67 bits per heavy atom. The summed E-state index contributed by atoms with van der Waals surface area (Å²) in [6.07, 6.45) is 1.49. The van der Waals surface area contributed by atoms with Crippen LogP contribution in [0.2, 0.25) is 0 Å². The monoisotopic (exact) mass is 130 g/mol. The van der Waals surface area contributed by atoms with Crippen LogP contribution in [0, 0.1) is 0 Å². The maximum absolute atomic E-state index is 8.68. The van der Waals surface area contributed by atoms with Crippen molar-refractivity contribution in [2.75, 3.05) is 0 Å². The van der Waals surface area contributed by atoms with Gasteiger partial charge in [-0.1, -0.05) is 5.59 Å². The van der Waals surface area contributed by atoms with Gasteiger partial charge in [0, 0.05) is 6.04 Å². The molecule has 1 heterocycles. The van der Waals surface area contributed by atoms with Crippen LogP contribution in [0.15, 0.2) is 12.1 Å². The highest BCUT2D eigenvalue weighted by atomic mass is 16.8. The van der Waals surface area contributed by atoms with Gasteiger partial charge in [0.1, 0.15) is 6.20 Å². The van der Waals surface area contributed by atoms with Gasteiger partial charge in [0.15, 0.2) is 0 Å². The summed E-state index contributed by atoms with van der Waals surface area (Å²) in [6.45, 7) is 3.96. The third kappa shape index (κ3) is 1.26. The first-order valence-corrected chi connectivity index (χ1v) is 2.82. The largest absolute Gasteiger partial charge is 0.479 e. The van der Waals surface area contributed by atoms with Crippen molar-refractivity contribution in [3.8, 4) is 0 Å². The molecule has 1 rings (SSSR count). The molecule has 0 unspecified atom stereocenters. The predicted molar refractivity (Wildman–Crippen MR) is 31.9 cm³/mol. The van der Waals surface area contributed by atoms with E-state index in [0.29, 0.717) is 0 Å². The van der Waals surface area contributed by atoms with Crippen LogP contribution in [0.4, 0.5) is 0 Å². The lowest BCUT2D eigenvalue weighted by molar-refractivity contribution is -0.0315. The number of nitrogens with zero attached hydrogens (tertiary/aromatic N) is 1. The van der Waals surface area contributed by atoms with Gasteiger partial charge in [-0.3, -0.25) is 5.01 Å². The molecule has 1 aliphatic heterocycles. The van der Waals surface area contributed by atoms with Gasteiger partial charge in [0.05, 0.1) is 0 Å². The lowest BCUT2D eigenvalue weighted by atomic mass is 10.4. The smallest absolute Gasteiger partial charge is 0.317 e. The second-order valence-electron chi connectivity index (χ2n) is 2.16. The molecule has 0 radical (unpaired) electrons. The van der Waals surface area contributed by atoms with Gasteiger partial charge in [-0.25, -0.2) is 0 Å². The Labute approximate surface area is 53.6 Å². The van der Waals surface area contributed by atoms with Gasteiger partial charge in [0.2, 0.25) is 0 Å². The van der Waals surface area contributed by atoms with E-state index in [1.807, 2.05) is 13.8 Å². The van der Waals surface area contributed by atoms with Gasteiger partial charge in [0.25, 0.3) is 0 Å². The van der Waals surface area contributed by atoms with Crippen LogP contribution in [0.25, 0.3) is 0 Å². The fourth-order valence-corrected chi connectivity index (χ4v) is 0.526. The van der Waals surface area contributed by atoms with Gasteiger partial charge >= 0.3 is 5.95 Å². The maximum Gasteiger partial charge on any atom is 0.317 e. The van der Waals surface area contributed by atoms with Crippen molar-refractivity contribution in [3.63, 3.8) is 0 Å². The Bertz CT molecular complexity index is 133. The van der Waals surface area contributed by atoms with Crippen molar-refractivity contribution in [2.24, 2.45) is 0 Å². The molecule has 0 aromatic heterocycles. The van der Waals surface area contributed by atoms with E-state index in [2.05, 4.69) is 10.4 Å². The first-order chi connectivity index (χ1) is 4.20. The van der Waals surface area contributed by atoms with E-state index < -0.39 is 0 Å². The van der Waals surface area contributed by atoms with Crippen LogP contribution in [-0.2, 0) is 4.84 Å². The zero-order chi connectivity index (χ0) is 6.85. The Morgan fingerprint density at radius 2 is 2.44 bits per heavy atom. The molecule has 2 N–H and O–H groups in total. The quantitative estimate of drug-likeness (QED) is 0.542. The van der Waals surface area contributed by atoms with E-state index in [-0.39, 0.29) is 12.0 Å². The Morgan fingerprint density at radius 1 is 1.78 bits per heavy atom. The molecule has 0 aliphatic carbocycles. The summed E-state index contributed by atoms with van der Waals surface area (Å²) in [5.41, 5.74) is 2.50. The second-order valence-corrected chi connectivity index (χ2v) is 2.16. The topological polar surface area (TPSA) is 44.7 Å². The second kappa shape index (κ2) is 2.14. The van der Waals surface area contributed by atoms with E-state index >= 15 is 0 Å². The Balaban J connectivity index is 2.47. The van der Waals surface area contributed by atoms with Crippen molar-refractivity contribution >= 4 is 0 Å². The van der Waals surface area contributed by atoms with Crippen molar-refractivity contribution in [1.29, 1.82) is 0 Å². The molecule has 9 heavy (non-hydrogen) atoms. The first kappa shape index (κ1) is 6.22. The molecule has 4 nitrogen and oxygen atoms in total. The third-order valence-electron chi connectivity index (χ3n) is 1.06. The average Bonchev–Trinajstić information content (AvgIpc) is 2.14. The minimum absolute atomic E-state index is 0.0938. The van der Waals surface area contributed by atoms with E-state index in [9.17, 15) is 0 Å². The van der Waals surface area contributed by atoms with Gasteiger partial charge in [-0.2, -0.15) is 0 Å². The number of hydrogen-bond acceptors (Lipinski definition) is 4. The van der Waals surface area contributed by atoms with Crippen LogP contribution in [0.3, 0.4) is 0 Å². The minimum atomic E-state index is -0.0938. The summed E-state index contributed by atoms with van der Waals surface area (Å²) in [4.78, 5) is 4.52. The van der Waals surface area contributed by atoms with E-state index in [1.165, 1.54) is 6.20 Å². The zero-order valence-electron chi connectivity index (χ0n) is 5.46. The van der Waals surface area contributed by atoms with Crippen LogP contribution in [0.1, 0.15) is 13.8 Å². The molecule has 0 amide bonds. The molecule has 4 heteroatoms. The molecule has 0 atom stereocenters. The molecule has 1 aliphatic rings. The lowest BCUT2D eigenvalue weighted by Crippen LogP contribution is -2.33. The molecule has 0 aromatic rings. The third-order valence-corrected chi connectivity index (χ3v) is 1.06. The van der Waals surface area contributed by atoms with Crippen LogP contribution in [-0.4, -0.2) is 16.2 Å². The lowest BCUT2D eigenvalue weighted by Gasteiger charge is -2.16. The molecule has 0 fully saturated rings. The highest BCUT2D eigenvalue weighted by molar-refractivity contribution is 4.84. The number of aliphatic hydroxyl groups excluding tert-OH is 1. The highest BCUT2D eigenvalue weighted by Crippen LogP contribution is 2.05. The molecule has 0 saturated heterocycles. The first-order valence-electron chi connectivity index (χ1n) is 2.82. The number of hydrazine groups is 1. The minimum Gasteiger partial charge on any atom is -0.479 e. The predicted octanol–water partition coefficient (Wildman–Crippen LogP) is 0.503. The molecule has 0 spiro atoms. The van der Waals surface area contributed by atoms with E-state index in [4.69, 9.17) is 5.11 Å². The molecule has 0 bridgehead atoms. The van der Waals surface area contributed by atoms with Crippen molar-refractivity contribution in [1.82, 2.24) is 10.6 Å². The highest BCUT2D eigenvalue weighted by Gasteiger charge is 2.13. The standard InChI is InChI=1S/C5H10N2O2/c1-4(2)7-3-5(8)9-6-7/h3-4,6,8H,1-2H3. The summed E-state index contributed by atoms with van der Waals surface area (Å²) >= 11 is 0. The summed E-state index contributed by atoms with van der Waals surface area (Å²) < 4.78 is 0. The van der Waals surface area contributed by atoms with Crippen molar-refractivity contribution in [2.45, 2.75) is 19.9 Å². The zero-order valence-corrected chi connectivity index (χ0v) is 5.46. The fourth-order valence-electron chi connectivity index (χ4n) is 0.526. The SMILES string of the molecule is CC(C)N1C=C(O)ON1. The summed E-state index contributed by atoms with van der Waals surface area (Å²) in [6, 6.07) is 0.287. The van der Waals surface area contributed by atoms with Crippen LogP contribution < -0.4 is 5.59 Å². The molecule has 0 aromatic carbocycles. The van der Waals surface area contributed by atoms with Crippen LogP contribution >= 0.6 is 0 Å². The molecular formula is C5H10N2O2. The number of hydrogen-bond donors (Lipinski definition) is 2. The van der Waals surface area contributed by atoms with Gasteiger partial charge < -0.3 is 9.94 Å². The average molecular weight is 130 g/mol. The summed E-state index contributed by atoms with van der Waals surface area (Å²) in [5.74, 6) is -0.0938. The van der Waals surface area contributed by atoms with E-state index in [0.717, 1.165) is 0 Å². The van der Waals surface area contributed by atoms with Crippen molar-refractivity contribution < 1.29 is 9.94 Å². The Hall–Kier alpha value is -0.900. The number of aliphatic hydroxyl groups is 1. The summed E-state index contributed by atoms with van der Waals surface area (Å²) in [5, 5.41) is 10.3. The summed E-state index contributed by atoms with van der Waals surface area (Å²) in [7, 11) is 0. The maximum atomic E-state index is 8.68. The number of rotatable bonds is 1. The van der Waals surface area contributed by atoms with Crippen molar-refractivity contribution in [3.05, 3.63) is 12.1 Å². The van der Waals surface area contributed by atoms with Gasteiger partial charge in [-0.05, 0) is 13.8 Å². The van der Waals surface area contributed by atoms with Gasteiger partial charge in [-0.15, -0.1) is 0 Å². The molecular weight excluding hydrogens is 120 g/mol. The number of nitrogens with one attached hydrogen (secondary N) is 1. The Kier molecular flexibility index (Phi) is 1.48. The fraction of sp³-hybridized carbons (Fsp3) is 0.600. The molecule has 52 valence electrons.